The van der Waals surface area contributed by atoms with Crippen LogP contribution in [0.3, 0.4) is 0 Å². The van der Waals surface area contributed by atoms with Gasteiger partial charge in [0.25, 0.3) is 0 Å². The molecule has 0 saturated carbocycles. The average Bonchev–Trinajstić information content (AvgIpc) is 2.87. The number of ether oxygens (including phenoxy) is 1. The molecule has 0 aliphatic rings. The molecule has 3 rings (SSSR count). The fraction of sp³-hybridized carbons (Fsp3) is 0.222. The molecule has 1 aromatic heterocycles. The Morgan fingerprint density at radius 1 is 1.14 bits per heavy atom. The third-order valence-corrected chi connectivity index (χ3v) is 3.71. The summed E-state index contributed by atoms with van der Waals surface area (Å²) >= 11 is 0. The number of benzene rings is 2. The quantitative estimate of drug-likeness (QED) is 0.719. The molecule has 1 heterocycles. The summed E-state index contributed by atoms with van der Waals surface area (Å²) < 4.78 is 20.9. The maximum absolute atomic E-state index is 12.9. The molecule has 0 spiro atoms. The Labute approximate surface area is 129 Å². The second kappa shape index (κ2) is 5.72. The largest absolute Gasteiger partial charge is 0.487 e. The average molecular weight is 298 g/mol. The highest BCUT2D eigenvalue weighted by atomic mass is 19.1. The van der Waals surface area contributed by atoms with E-state index in [-0.39, 0.29) is 5.82 Å². The van der Waals surface area contributed by atoms with Gasteiger partial charge in [0.1, 0.15) is 18.2 Å². The molecule has 4 heteroatoms. The van der Waals surface area contributed by atoms with Gasteiger partial charge in [-0.2, -0.15) is 0 Å². The number of anilines is 1. The third kappa shape index (κ3) is 2.64. The summed E-state index contributed by atoms with van der Waals surface area (Å²) in [5, 5.41) is 1.04. The van der Waals surface area contributed by atoms with Crippen molar-refractivity contribution in [3.05, 3.63) is 60.0 Å². The number of aromatic nitrogens is 1. The molecule has 0 saturated heterocycles. The van der Waals surface area contributed by atoms with Crippen LogP contribution in [0.2, 0.25) is 0 Å². The van der Waals surface area contributed by atoms with Crippen molar-refractivity contribution < 1.29 is 9.13 Å². The standard InChI is InChI=1S/C18H19FN2O/c1-12(2)21-14(10-16-17(20)4-3-5-18(16)21)11-22-15-8-6-13(19)7-9-15/h3-10,12H,11,20H2,1-2H3. The van der Waals surface area contributed by atoms with E-state index in [2.05, 4.69) is 30.5 Å². The van der Waals surface area contributed by atoms with Crippen LogP contribution < -0.4 is 10.5 Å². The number of nitrogens with zero attached hydrogens (tertiary/aromatic N) is 1. The fourth-order valence-corrected chi connectivity index (χ4v) is 2.74. The Balaban J connectivity index is 1.94. The molecule has 2 aromatic carbocycles. The maximum atomic E-state index is 12.9. The Morgan fingerprint density at radius 2 is 1.86 bits per heavy atom. The normalized spacial score (nSPS) is 11.3. The van der Waals surface area contributed by atoms with E-state index in [0.717, 1.165) is 22.3 Å². The van der Waals surface area contributed by atoms with Gasteiger partial charge >= 0.3 is 0 Å². The van der Waals surface area contributed by atoms with Crippen molar-refractivity contribution in [2.45, 2.75) is 26.5 Å². The summed E-state index contributed by atoms with van der Waals surface area (Å²) in [6, 6.07) is 14.3. The van der Waals surface area contributed by atoms with E-state index in [0.29, 0.717) is 18.4 Å². The zero-order chi connectivity index (χ0) is 15.7. The summed E-state index contributed by atoms with van der Waals surface area (Å²) in [4.78, 5) is 0. The topological polar surface area (TPSA) is 40.2 Å². The lowest BCUT2D eigenvalue weighted by atomic mass is 10.2. The molecule has 0 aliphatic carbocycles. The molecule has 2 N–H and O–H groups in total. The van der Waals surface area contributed by atoms with E-state index < -0.39 is 0 Å². The highest BCUT2D eigenvalue weighted by Gasteiger charge is 2.13. The smallest absolute Gasteiger partial charge is 0.128 e. The van der Waals surface area contributed by atoms with E-state index >= 15 is 0 Å². The minimum Gasteiger partial charge on any atom is -0.487 e. The van der Waals surface area contributed by atoms with Gasteiger partial charge in [0, 0.05) is 17.1 Å². The van der Waals surface area contributed by atoms with E-state index in [4.69, 9.17) is 10.5 Å². The van der Waals surface area contributed by atoms with Crippen LogP contribution in [-0.4, -0.2) is 4.57 Å². The van der Waals surface area contributed by atoms with Crippen LogP contribution in [0.1, 0.15) is 25.6 Å². The SMILES string of the molecule is CC(C)n1c(COc2ccc(F)cc2)cc2c(N)cccc21. The van der Waals surface area contributed by atoms with Crippen molar-refractivity contribution in [3.63, 3.8) is 0 Å². The summed E-state index contributed by atoms with van der Waals surface area (Å²) in [6.07, 6.45) is 0. The predicted molar refractivity (Wildman–Crippen MR) is 87.5 cm³/mol. The van der Waals surface area contributed by atoms with Crippen LogP contribution >= 0.6 is 0 Å². The minimum absolute atomic E-state index is 0.267. The zero-order valence-corrected chi connectivity index (χ0v) is 12.7. The number of halogens is 1. The minimum atomic E-state index is -0.267. The van der Waals surface area contributed by atoms with E-state index in [1.54, 1.807) is 12.1 Å². The highest BCUT2D eigenvalue weighted by Crippen LogP contribution is 2.29. The molecular formula is C18H19FN2O. The van der Waals surface area contributed by atoms with Gasteiger partial charge in [0.15, 0.2) is 0 Å². The zero-order valence-electron chi connectivity index (χ0n) is 12.7. The van der Waals surface area contributed by atoms with Gasteiger partial charge in [0.2, 0.25) is 0 Å². The Hall–Kier alpha value is -2.49. The molecule has 0 atom stereocenters. The lowest BCUT2D eigenvalue weighted by molar-refractivity contribution is 0.292. The summed E-state index contributed by atoms with van der Waals surface area (Å²) in [7, 11) is 0. The van der Waals surface area contributed by atoms with E-state index in [1.165, 1.54) is 12.1 Å². The van der Waals surface area contributed by atoms with Gasteiger partial charge in [-0.05, 0) is 56.3 Å². The monoisotopic (exact) mass is 298 g/mol. The Kier molecular flexibility index (Phi) is 3.75. The molecule has 22 heavy (non-hydrogen) atoms. The van der Waals surface area contributed by atoms with Crippen molar-refractivity contribution in [1.29, 1.82) is 0 Å². The van der Waals surface area contributed by atoms with Gasteiger partial charge in [-0.1, -0.05) is 6.07 Å². The molecule has 0 radical (unpaired) electrons. The van der Waals surface area contributed by atoms with E-state index in [1.807, 2.05) is 12.1 Å². The van der Waals surface area contributed by atoms with Crippen LogP contribution in [0.5, 0.6) is 5.75 Å². The van der Waals surface area contributed by atoms with Crippen LogP contribution in [0.25, 0.3) is 10.9 Å². The van der Waals surface area contributed by atoms with Gasteiger partial charge in [-0.15, -0.1) is 0 Å². The predicted octanol–water partition coefficient (Wildman–Crippen LogP) is 4.52. The van der Waals surface area contributed by atoms with Crippen molar-refractivity contribution in [3.8, 4) is 5.75 Å². The highest BCUT2D eigenvalue weighted by molar-refractivity contribution is 5.92. The lowest BCUT2D eigenvalue weighted by Gasteiger charge is -2.15. The van der Waals surface area contributed by atoms with Crippen LogP contribution in [0.15, 0.2) is 48.5 Å². The first-order valence-electron chi connectivity index (χ1n) is 7.33. The number of rotatable bonds is 4. The Bertz CT molecular complexity index is 791. The molecule has 0 amide bonds. The van der Waals surface area contributed by atoms with Crippen LogP contribution in [0.4, 0.5) is 10.1 Å². The molecule has 3 nitrogen and oxygen atoms in total. The molecule has 3 aromatic rings. The molecule has 0 aliphatic heterocycles. The lowest BCUT2D eigenvalue weighted by Crippen LogP contribution is -2.08. The first-order chi connectivity index (χ1) is 10.6. The molecular weight excluding hydrogens is 279 g/mol. The van der Waals surface area contributed by atoms with Crippen molar-refractivity contribution >= 4 is 16.6 Å². The number of hydrogen-bond donors (Lipinski definition) is 1. The maximum Gasteiger partial charge on any atom is 0.128 e. The van der Waals surface area contributed by atoms with Crippen molar-refractivity contribution in [1.82, 2.24) is 4.57 Å². The molecule has 0 unspecified atom stereocenters. The molecule has 0 bridgehead atoms. The van der Waals surface area contributed by atoms with Crippen molar-refractivity contribution in [2.24, 2.45) is 0 Å². The molecule has 114 valence electrons. The number of nitrogen functional groups attached to an aromatic ring is 1. The molecule has 0 fully saturated rings. The number of hydrogen-bond acceptors (Lipinski definition) is 2. The van der Waals surface area contributed by atoms with Crippen LogP contribution in [-0.2, 0) is 6.61 Å². The second-order valence-electron chi connectivity index (χ2n) is 5.62. The van der Waals surface area contributed by atoms with E-state index in [9.17, 15) is 4.39 Å². The summed E-state index contributed by atoms with van der Waals surface area (Å²) in [5.74, 6) is 0.381. The summed E-state index contributed by atoms with van der Waals surface area (Å²) in [6.45, 7) is 4.67. The fourth-order valence-electron chi connectivity index (χ4n) is 2.74. The van der Waals surface area contributed by atoms with Gasteiger partial charge in [-0.25, -0.2) is 4.39 Å². The first kappa shape index (κ1) is 14.4. The third-order valence-electron chi connectivity index (χ3n) is 3.71. The van der Waals surface area contributed by atoms with Gasteiger partial charge < -0.3 is 15.0 Å². The summed E-state index contributed by atoms with van der Waals surface area (Å²) in [5.41, 5.74) is 8.98. The second-order valence-corrected chi connectivity index (χ2v) is 5.62. The van der Waals surface area contributed by atoms with Gasteiger partial charge in [0.05, 0.1) is 11.2 Å². The Morgan fingerprint density at radius 3 is 2.55 bits per heavy atom. The number of nitrogens with two attached hydrogens (primary N) is 1. The van der Waals surface area contributed by atoms with Crippen molar-refractivity contribution in [2.75, 3.05) is 5.73 Å². The first-order valence-corrected chi connectivity index (χ1v) is 7.33. The number of fused-ring (bicyclic) bond motifs is 1. The van der Waals surface area contributed by atoms with Crippen LogP contribution in [0, 0.1) is 5.82 Å². The van der Waals surface area contributed by atoms with Gasteiger partial charge in [-0.3, -0.25) is 0 Å².